The number of anilines is 1. The van der Waals surface area contributed by atoms with Gasteiger partial charge in [-0.05, 0) is 31.0 Å². The number of aryl methyl sites for hydroxylation is 2. The predicted molar refractivity (Wildman–Crippen MR) is 58.2 cm³/mol. The van der Waals surface area contributed by atoms with Gasteiger partial charge in [-0.3, -0.25) is 4.79 Å². The van der Waals surface area contributed by atoms with Crippen LogP contribution in [0, 0.1) is 13.8 Å². The Bertz CT molecular complexity index is 347. The number of rotatable bonds is 2. The average molecular weight is 193 g/mol. The van der Waals surface area contributed by atoms with Gasteiger partial charge in [0.05, 0.1) is 5.37 Å². The minimum absolute atomic E-state index is 0.247. The quantitative estimate of drug-likeness (QED) is 0.730. The lowest BCUT2D eigenvalue weighted by molar-refractivity contribution is -0.109. The van der Waals surface area contributed by atoms with Gasteiger partial charge in [-0.2, -0.15) is 0 Å². The second-order valence-corrected chi connectivity index (χ2v) is 3.16. The molecule has 0 aromatic heterocycles. The van der Waals surface area contributed by atoms with E-state index in [0.29, 0.717) is 0 Å². The van der Waals surface area contributed by atoms with Gasteiger partial charge in [0, 0.05) is 5.69 Å². The maximum atomic E-state index is 11.0. The van der Waals surface area contributed by atoms with Crippen LogP contribution in [0.5, 0.6) is 0 Å². The fourth-order valence-corrected chi connectivity index (χ4v) is 1.09. The first-order valence-electron chi connectivity index (χ1n) is 3.97. The van der Waals surface area contributed by atoms with Crippen molar-refractivity contribution in [3.63, 3.8) is 0 Å². The van der Waals surface area contributed by atoms with Crippen molar-refractivity contribution in [1.82, 2.24) is 0 Å². The molecular weight excluding hydrogens is 182 g/mol. The monoisotopic (exact) mass is 193 g/mol. The van der Waals surface area contributed by atoms with E-state index in [2.05, 4.69) is 17.5 Å². The maximum absolute atomic E-state index is 11.0. The number of benzene rings is 1. The number of carbonyl (C=O) groups excluding carboxylic acids is 1. The lowest BCUT2D eigenvalue weighted by Gasteiger charge is -2.06. The Balaban J connectivity index is 2.93. The van der Waals surface area contributed by atoms with E-state index >= 15 is 0 Å². The molecule has 3 heteroatoms. The molecule has 0 aliphatic rings. The Morgan fingerprint density at radius 3 is 2.77 bits per heavy atom. The van der Waals surface area contributed by atoms with Crippen LogP contribution < -0.4 is 5.32 Å². The molecule has 68 valence electrons. The molecule has 0 fully saturated rings. The van der Waals surface area contributed by atoms with Crippen LogP contribution in [0.1, 0.15) is 11.1 Å². The SMILES string of the molecule is Cc1ccc(C)c(NC(=O)C=S)c1. The van der Waals surface area contributed by atoms with Crippen molar-refractivity contribution in [2.75, 3.05) is 5.32 Å². The van der Waals surface area contributed by atoms with Crippen molar-refractivity contribution < 1.29 is 4.79 Å². The molecule has 0 spiro atoms. The topological polar surface area (TPSA) is 29.1 Å². The summed E-state index contributed by atoms with van der Waals surface area (Å²) in [6, 6.07) is 5.89. The Morgan fingerprint density at radius 2 is 2.15 bits per heavy atom. The molecule has 1 aromatic rings. The third-order valence-corrected chi connectivity index (χ3v) is 1.97. The summed E-state index contributed by atoms with van der Waals surface area (Å²) in [6.07, 6.45) is 0. The fraction of sp³-hybridized carbons (Fsp3) is 0.200. The molecule has 0 unspecified atom stereocenters. The zero-order valence-corrected chi connectivity index (χ0v) is 8.44. The highest BCUT2D eigenvalue weighted by Gasteiger charge is 2.00. The lowest BCUT2D eigenvalue weighted by atomic mass is 10.1. The van der Waals surface area contributed by atoms with Crippen molar-refractivity contribution in [1.29, 1.82) is 0 Å². The second-order valence-electron chi connectivity index (χ2n) is 2.93. The molecule has 13 heavy (non-hydrogen) atoms. The van der Waals surface area contributed by atoms with E-state index in [1.807, 2.05) is 32.0 Å². The molecule has 0 heterocycles. The highest BCUT2D eigenvalue weighted by atomic mass is 32.1. The summed E-state index contributed by atoms with van der Waals surface area (Å²) in [5, 5.41) is 3.80. The Kier molecular flexibility index (Phi) is 3.14. The molecule has 1 amide bonds. The molecule has 1 aromatic carbocycles. The Labute approximate surface area is 83.0 Å². The van der Waals surface area contributed by atoms with E-state index in [1.54, 1.807) is 0 Å². The molecule has 2 nitrogen and oxygen atoms in total. The smallest absolute Gasteiger partial charge is 0.259 e. The Morgan fingerprint density at radius 1 is 1.46 bits per heavy atom. The molecule has 0 bridgehead atoms. The summed E-state index contributed by atoms with van der Waals surface area (Å²) in [4.78, 5) is 11.0. The van der Waals surface area contributed by atoms with Crippen LogP contribution in [0.2, 0.25) is 0 Å². The van der Waals surface area contributed by atoms with Crippen LogP contribution >= 0.6 is 12.2 Å². The predicted octanol–water partition coefficient (Wildman–Crippen LogP) is 2.24. The second kappa shape index (κ2) is 4.14. The van der Waals surface area contributed by atoms with Gasteiger partial charge in [0.15, 0.2) is 0 Å². The normalized spacial score (nSPS) is 9.38. The molecule has 0 saturated carbocycles. The number of hydrogen-bond acceptors (Lipinski definition) is 2. The van der Waals surface area contributed by atoms with E-state index in [-0.39, 0.29) is 5.91 Å². The number of thiocarbonyl (C=S) groups is 1. The van der Waals surface area contributed by atoms with Crippen LogP contribution in [-0.2, 0) is 4.79 Å². The van der Waals surface area contributed by atoms with Crippen LogP contribution in [-0.4, -0.2) is 11.3 Å². The first kappa shape index (κ1) is 9.86. The maximum Gasteiger partial charge on any atom is 0.259 e. The van der Waals surface area contributed by atoms with Crippen LogP contribution in [0.15, 0.2) is 18.2 Å². The highest BCUT2D eigenvalue weighted by Crippen LogP contribution is 2.15. The molecule has 1 rings (SSSR count). The minimum Gasteiger partial charge on any atom is -0.322 e. The molecule has 0 atom stereocenters. The van der Waals surface area contributed by atoms with Crippen molar-refractivity contribution >= 4 is 29.2 Å². The van der Waals surface area contributed by atoms with Crippen molar-refractivity contribution in [2.45, 2.75) is 13.8 Å². The van der Waals surface area contributed by atoms with E-state index in [4.69, 9.17) is 0 Å². The van der Waals surface area contributed by atoms with Crippen LogP contribution in [0.3, 0.4) is 0 Å². The van der Waals surface area contributed by atoms with Crippen molar-refractivity contribution in [2.24, 2.45) is 0 Å². The van der Waals surface area contributed by atoms with E-state index in [9.17, 15) is 4.79 Å². The van der Waals surface area contributed by atoms with Gasteiger partial charge in [0.1, 0.15) is 0 Å². The number of nitrogens with one attached hydrogen (secondary N) is 1. The molecule has 1 N–H and O–H groups in total. The molecular formula is C10H11NOS. The van der Waals surface area contributed by atoms with Crippen LogP contribution in [0.25, 0.3) is 0 Å². The van der Waals surface area contributed by atoms with Gasteiger partial charge in [-0.15, -0.1) is 0 Å². The Hall–Kier alpha value is -1.22. The van der Waals surface area contributed by atoms with Gasteiger partial charge < -0.3 is 5.32 Å². The van der Waals surface area contributed by atoms with Gasteiger partial charge in [0.25, 0.3) is 5.91 Å². The van der Waals surface area contributed by atoms with Gasteiger partial charge in [0.2, 0.25) is 0 Å². The minimum atomic E-state index is -0.247. The summed E-state index contributed by atoms with van der Waals surface area (Å²) in [5.74, 6) is -0.247. The van der Waals surface area contributed by atoms with Crippen LogP contribution in [0.4, 0.5) is 5.69 Å². The number of amides is 1. The number of carbonyl (C=O) groups is 1. The van der Waals surface area contributed by atoms with Gasteiger partial charge in [-0.25, -0.2) is 0 Å². The molecule has 0 radical (unpaired) electrons. The number of hydrogen-bond donors (Lipinski definition) is 1. The largest absolute Gasteiger partial charge is 0.322 e. The van der Waals surface area contributed by atoms with E-state index in [1.165, 1.54) is 0 Å². The van der Waals surface area contributed by atoms with Gasteiger partial charge >= 0.3 is 0 Å². The lowest BCUT2D eigenvalue weighted by Crippen LogP contribution is -2.12. The highest BCUT2D eigenvalue weighted by molar-refractivity contribution is 7.80. The third kappa shape index (κ3) is 2.63. The van der Waals surface area contributed by atoms with Crippen molar-refractivity contribution in [3.8, 4) is 0 Å². The zero-order valence-electron chi connectivity index (χ0n) is 7.63. The summed E-state index contributed by atoms with van der Waals surface area (Å²) in [7, 11) is 0. The zero-order chi connectivity index (χ0) is 9.84. The first-order chi connectivity index (χ1) is 6.13. The van der Waals surface area contributed by atoms with Crippen molar-refractivity contribution in [3.05, 3.63) is 29.3 Å². The summed E-state index contributed by atoms with van der Waals surface area (Å²) < 4.78 is 0. The first-order valence-corrected chi connectivity index (χ1v) is 4.44. The summed E-state index contributed by atoms with van der Waals surface area (Å²) in [5.41, 5.74) is 2.98. The van der Waals surface area contributed by atoms with E-state index < -0.39 is 0 Å². The average Bonchev–Trinajstić information content (AvgIpc) is 2.11. The summed E-state index contributed by atoms with van der Waals surface area (Å²) >= 11 is 4.51. The molecule has 0 saturated heterocycles. The molecule has 0 aliphatic heterocycles. The third-order valence-electron chi connectivity index (χ3n) is 1.76. The molecule has 0 aliphatic carbocycles. The summed E-state index contributed by atoms with van der Waals surface area (Å²) in [6.45, 7) is 3.92. The van der Waals surface area contributed by atoms with E-state index in [0.717, 1.165) is 22.2 Å². The standard InChI is InChI=1S/C10H11NOS/c1-7-3-4-8(2)9(5-7)11-10(12)6-13/h3-6H,1-2H3,(H,11,12). The van der Waals surface area contributed by atoms with Gasteiger partial charge in [-0.1, -0.05) is 24.4 Å². The fourth-order valence-electron chi connectivity index (χ4n) is 1.03.